The number of hydrogen-bond donors (Lipinski definition) is 0. The molecule has 4 rings (SSSR count). The number of hydrogen-bond acceptors (Lipinski definition) is 1. The van der Waals surface area contributed by atoms with E-state index < -0.39 is 0 Å². The molecule has 4 fully saturated rings. The number of carbonyl (C=O) groups is 1. The summed E-state index contributed by atoms with van der Waals surface area (Å²) in [4.78, 5) is 15.0. The first-order valence-corrected chi connectivity index (χ1v) is 8.98. The Morgan fingerprint density at radius 1 is 1.05 bits per heavy atom. The number of rotatable bonds is 6. The van der Waals surface area contributed by atoms with Crippen molar-refractivity contribution in [3.63, 3.8) is 0 Å². The molecule has 0 heterocycles. The molecule has 114 valence electrons. The van der Waals surface area contributed by atoms with Crippen LogP contribution in [0.5, 0.6) is 0 Å². The van der Waals surface area contributed by atoms with Gasteiger partial charge in [-0.15, -0.1) is 11.6 Å². The maximum absolute atomic E-state index is 13.0. The molecule has 4 aliphatic rings. The van der Waals surface area contributed by atoms with Crippen LogP contribution in [0.1, 0.15) is 57.8 Å². The van der Waals surface area contributed by atoms with E-state index in [4.69, 9.17) is 11.6 Å². The standard InChI is InChI=1S/C17H28ClNO/c1-19(6-4-2-3-5-18)16(20)17-10-13-7-14(11-17)9-15(8-13)12-17/h13-15H,2-12H2,1H3. The molecule has 4 bridgehead atoms. The number of nitrogens with zero attached hydrogens (tertiary/aromatic N) is 1. The van der Waals surface area contributed by atoms with Crippen molar-refractivity contribution in [2.45, 2.75) is 57.8 Å². The van der Waals surface area contributed by atoms with Gasteiger partial charge in [0.25, 0.3) is 0 Å². The topological polar surface area (TPSA) is 20.3 Å². The van der Waals surface area contributed by atoms with Gasteiger partial charge in [-0.05, 0) is 69.1 Å². The third kappa shape index (κ3) is 2.73. The first-order chi connectivity index (χ1) is 9.63. The van der Waals surface area contributed by atoms with Crippen molar-refractivity contribution in [2.75, 3.05) is 19.5 Å². The van der Waals surface area contributed by atoms with Gasteiger partial charge in [-0.1, -0.05) is 6.42 Å². The second-order valence-electron chi connectivity index (χ2n) is 7.67. The monoisotopic (exact) mass is 297 g/mol. The molecule has 0 spiro atoms. The van der Waals surface area contributed by atoms with Gasteiger partial charge in [0, 0.05) is 19.5 Å². The normalized spacial score (nSPS) is 38.2. The van der Waals surface area contributed by atoms with E-state index in [-0.39, 0.29) is 5.41 Å². The van der Waals surface area contributed by atoms with Crippen molar-refractivity contribution in [2.24, 2.45) is 23.2 Å². The van der Waals surface area contributed by atoms with Crippen molar-refractivity contribution in [1.82, 2.24) is 4.90 Å². The van der Waals surface area contributed by atoms with Gasteiger partial charge in [-0.2, -0.15) is 0 Å². The molecule has 3 heteroatoms. The lowest BCUT2D eigenvalue weighted by molar-refractivity contribution is -0.156. The second kappa shape index (κ2) is 5.87. The van der Waals surface area contributed by atoms with E-state index in [0.717, 1.165) is 49.4 Å². The molecular weight excluding hydrogens is 270 g/mol. The quantitative estimate of drug-likeness (QED) is 0.534. The Labute approximate surface area is 128 Å². The molecule has 0 N–H and O–H groups in total. The van der Waals surface area contributed by atoms with Crippen LogP contribution < -0.4 is 0 Å². The number of amides is 1. The highest BCUT2D eigenvalue weighted by molar-refractivity contribution is 6.17. The Bertz CT molecular complexity index is 333. The molecular formula is C17H28ClNO. The Morgan fingerprint density at radius 3 is 2.10 bits per heavy atom. The third-order valence-corrected chi connectivity index (χ3v) is 6.23. The van der Waals surface area contributed by atoms with Gasteiger partial charge >= 0.3 is 0 Å². The fourth-order valence-electron chi connectivity index (χ4n) is 5.50. The molecule has 0 aromatic rings. The summed E-state index contributed by atoms with van der Waals surface area (Å²) in [6.45, 7) is 0.914. The average molecular weight is 298 g/mol. The van der Waals surface area contributed by atoms with Crippen molar-refractivity contribution in [3.05, 3.63) is 0 Å². The number of alkyl halides is 1. The minimum Gasteiger partial charge on any atom is -0.345 e. The third-order valence-electron chi connectivity index (χ3n) is 5.97. The zero-order valence-corrected chi connectivity index (χ0v) is 13.5. The Hall–Kier alpha value is -0.240. The van der Waals surface area contributed by atoms with Crippen LogP contribution in [-0.4, -0.2) is 30.3 Å². The van der Waals surface area contributed by atoms with Crippen molar-refractivity contribution < 1.29 is 4.79 Å². The zero-order chi connectivity index (χ0) is 14.2. The maximum Gasteiger partial charge on any atom is 0.228 e. The molecule has 0 atom stereocenters. The van der Waals surface area contributed by atoms with Crippen LogP contribution in [0.4, 0.5) is 0 Å². The smallest absolute Gasteiger partial charge is 0.228 e. The predicted octanol–water partition coefficient (Wildman–Crippen LogP) is 4.07. The highest BCUT2D eigenvalue weighted by Crippen LogP contribution is 2.60. The van der Waals surface area contributed by atoms with Gasteiger partial charge in [-0.3, -0.25) is 4.79 Å². The summed E-state index contributed by atoms with van der Waals surface area (Å²) in [6, 6.07) is 0. The fraction of sp³-hybridized carbons (Fsp3) is 0.941. The second-order valence-corrected chi connectivity index (χ2v) is 8.05. The van der Waals surface area contributed by atoms with Crippen LogP contribution in [0.2, 0.25) is 0 Å². The number of unbranched alkanes of at least 4 members (excludes halogenated alkanes) is 2. The Morgan fingerprint density at radius 2 is 1.60 bits per heavy atom. The summed E-state index contributed by atoms with van der Waals surface area (Å²) in [7, 11) is 2.02. The van der Waals surface area contributed by atoms with Gasteiger partial charge < -0.3 is 4.90 Å². The number of halogens is 1. The zero-order valence-electron chi connectivity index (χ0n) is 12.7. The summed E-state index contributed by atoms with van der Waals surface area (Å²) in [5, 5.41) is 0. The SMILES string of the molecule is CN(CCCCCCl)C(=O)C12CC3CC(CC(C3)C1)C2. The minimum absolute atomic E-state index is 0.0377. The lowest BCUT2D eigenvalue weighted by Gasteiger charge is -2.56. The summed E-state index contributed by atoms with van der Waals surface area (Å²) >= 11 is 5.71. The molecule has 0 aromatic carbocycles. The highest BCUT2D eigenvalue weighted by Gasteiger charge is 2.55. The largest absolute Gasteiger partial charge is 0.345 e. The molecule has 1 amide bonds. The lowest BCUT2D eigenvalue weighted by atomic mass is 9.49. The van der Waals surface area contributed by atoms with Gasteiger partial charge in [0.2, 0.25) is 5.91 Å². The van der Waals surface area contributed by atoms with E-state index in [1.807, 2.05) is 11.9 Å². The molecule has 0 aromatic heterocycles. The fourth-order valence-corrected chi connectivity index (χ4v) is 5.69. The van der Waals surface area contributed by atoms with Gasteiger partial charge in [0.1, 0.15) is 0 Å². The van der Waals surface area contributed by atoms with Crippen molar-refractivity contribution in [3.8, 4) is 0 Å². The van der Waals surface area contributed by atoms with E-state index in [2.05, 4.69) is 0 Å². The lowest BCUT2D eigenvalue weighted by Crippen LogP contribution is -2.54. The first kappa shape index (κ1) is 14.7. The maximum atomic E-state index is 13.0. The van der Waals surface area contributed by atoms with Crippen LogP contribution in [-0.2, 0) is 4.79 Å². The first-order valence-electron chi connectivity index (χ1n) is 8.44. The van der Waals surface area contributed by atoms with Gasteiger partial charge in [-0.25, -0.2) is 0 Å². The molecule has 20 heavy (non-hydrogen) atoms. The van der Waals surface area contributed by atoms with Crippen LogP contribution in [0.3, 0.4) is 0 Å². The summed E-state index contributed by atoms with van der Waals surface area (Å²) in [6.07, 6.45) is 11.1. The van der Waals surface area contributed by atoms with Crippen LogP contribution in [0, 0.1) is 23.2 Å². The summed E-state index contributed by atoms with van der Waals surface area (Å²) in [5.74, 6) is 3.77. The van der Waals surface area contributed by atoms with Gasteiger partial charge in [0.05, 0.1) is 5.41 Å². The highest BCUT2D eigenvalue weighted by atomic mass is 35.5. The van der Waals surface area contributed by atoms with Crippen LogP contribution in [0.25, 0.3) is 0 Å². The summed E-state index contributed by atoms with van der Waals surface area (Å²) in [5.41, 5.74) is 0.0377. The molecule has 0 aliphatic heterocycles. The van der Waals surface area contributed by atoms with E-state index in [9.17, 15) is 4.79 Å². The van der Waals surface area contributed by atoms with Crippen molar-refractivity contribution >= 4 is 17.5 Å². The summed E-state index contributed by atoms with van der Waals surface area (Å²) < 4.78 is 0. The molecule has 2 nitrogen and oxygen atoms in total. The predicted molar refractivity (Wildman–Crippen MR) is 82.8 cm³/mol. The Balaban J connectivity index is 1.59. The Kier molecular flexibility index (Phi) is 4.31. The van der Waals surface area contributed by atoms with Gasteiger partial charge in [0.15, 0.2) is 0 Å². The molecule has 0 saturated heterocycles. The minimum atomic E-state index is 0.0377. The molecule has 4 saturated carbocycles. The molecule has 4 aliphatic carbocycles. The number of carbonyl (C=O) groups excluding carboxylic acids is 1. The van der Waals surface area contributed by atoms with Crippen LogP contribution >= 0.6 is 11.6 Å². The van der Waals surface area contributed by atoms with E-state index in [1.54, 1.807) is 0 Å². The van der Waals surface area contributed by atoms with Crippen molar-refractivity contribution in [1.29, 1.82) is 0 Å². The van der Waals surface area contributed by atoms with E-state index in [0.29, 0.717) is 5.91 Å². The molecule has 0 unspecified atom stereocenters. The van der Waals surface area contributed by atoms with E-state index >= 15 is 0 Å². The average Bonchev–Trinajstić information content (AvgIpc) is 2.41. The molecule has 0 radical (unpaired) electrons. The van der Waals surface area contributed by atoms with Crippen LogP contribution in [0.15, 0.2) is 0 Å². The van der Waals surface area contributed by atoms with E-state index in [1.165, 1.54) is 38.5 Å².